The molecule has 0 fully saturated rings. The molecule has 1 aromatic rings. The molecule has 1 aromatic heterocycles. The van der Waals surface area contributed by atoms with Gasteiger partial charge in [-0.3, -0.25) is 4.79 Å². The van der Waals surface area contributed by atoms with Gasteiger partial charge in [0.25, 0.3) is 5.91 Å². The van der Waals surface area contributed by atoms with E-state index in [1.54, 1.807) is 6.07 Å². The van der Waals surface area contributed by atoms with E-state index in [1.165, 1.54) is 11.3 Å². The summed E-state index contributed by atoms with van der Waals surface area (Å²) < 4.78 is 0. The van der Waals surface area contributed by atoms with Crippen molar-refractivity contribution in [3.05, 3.63) is 10.9 Å². The van der Waals surface area contributed by atoms with Crippen LogP contribution in [0, 0.1) is 0 Å². The van der Waals surface area contributed by atoms with Crippen LogP contribution in [0.3, 0.4) is 0 Å². The highest BCUT2D eigenvalue weighted by Crippen LogP contribution is 2.31. The second kappa shape index (κ2) is 4.32. The summed E-state index contributed by atoms with van der Waals surface area (Å²) in [6, 6.07) is 1.80. The van der Waals surface area contributed by atoms with E-state index in [0.29, 0.717) is 10.6 Å². The normalized spacial score (nSPS) is 10.1. The lowest BCUT2D eigenvalue weighted by atomic mass is 10.4. The van der Waals surface area contributed by atoms with Crippen molar-refractivity contribution in [3.8, 4) is 0 Å². The molecule has 0 radical (unpaired) electrons. The van der Waals surface area contributed by atoms with Crippen molar-refractivity contribution >= 4 is 27.9 Å². The van der Waals surface area contributed by atoms with E-state index in [1.807, 2.05) is 0 Å². The van der Waals surface area contributed by atoms with Gasteiger partial charge in [-0.15, -0.1) is 11.3 Å². The van der Waals surface area contributed by atoms with Crippen LogP contribution < -0.4 is 16.4 Å². The quantitative estimate of drug-likeness (QED) is 0.791. The third kappa shape index (κ3) is 1.98. The SMILES string of the molecule is CCN(CC)c1cc(N)c(C(N)=O)s1. The van der Waals surface area contributed by atoms with Crippen LogP contribution in [0.5, 0.6) is 0 Å². The molecule has 0 saturated heterocycles. The van der Waals surface area contributed by atoms with E-state index in [4.69, 9.17) is 11.5 Å². The fourth-order valence-electron chi connectivity index (χ4n) is 1.28. The number of carbonyl (C=O) groups is 1. The van der Waals surface area contributed by atoms with E-state index < -0.39 is 5.91 Å². The zero-order valence-corrected chi connectivity index (χ0v) is 9.23. The molecule has 0 atom stereocenters. The van der Waals surface area contributed by atoms with E-state index in [9.17, 15) is 4.79 Å². The predicted octanol–water partition coefficient (Wildman–Crippen LogP) is 1.28. The average Bonchev–Trinajstić information content (AvgIpc) is 2.50. The molecule has 4 nitrogen and oxygen atoms in total. The second-order valence-electron chi connectivity index (χ2n) is 2.91. The Hall–Kier alpha value is -1.23. The maximum absolute atomic E-state index is 11.0. The van der Waals surface area contributed by atoms with Gasteiger partial charge in [0.2, 0.25) is 0 Å². The molecule has 0 aromatic carbocycles. The van der Waals surface area contributed by atoms with Crippen molar-refractivity contribution in [1.82, 2.24) is 0 Å². The lowest BCUT2D eigenvalue weighted by Gasteiger charge is -2.17. The highest BCUT2D eigenvalue weighted by molar-refractivity contribution is 7.18. The first kappa shape index (κ1) is 10.8. The van der Waals surface area contributed by atoms with Crippen LogP contribution in [0.2, 0.25) is 0 Å². The van der Waals surface area contributed by atoms with Crippen molar-refractivity contribution in [2.75, 3.05) is 23.7 Å². The molecule has 4 N–H and O–H groups in total. The van der Waals surface area contributed by atoms with Crippen LogP contribution >= 0.6 is 11.3 Å². The Labute approximate surface area is 87.5 Å². The highest BCUT2D eigenvalue weighted by Gasteiger charge is 2.13. The number of thiophene rings is 1. The molecule has 1 heterocycles. The van der Waals surface area contributed by atoms with Crippen molar-refractivity contribution in [2.45, 2.75) is 13.8 Å². The van der Waals surface area contributed by atoms with Crippen molar-refractivity contribution in [1.29, 1.82) is 0 Å². The Balaban J connectivity index is 3.01. The zero-order chi connectivity index (χ0) is 10.7. The minimum Gasteiger partial charge on any atom is -0.397 e. The molecule has 0 aliphatic rings. The Bertz CT molecular complexity index is 331. The number of hydrogen-bond acceptors (Lipinski definition) is 4. The van der Waals surface area contributed by atoms with Gasteiger partial charge in [0, 0.05) is 13.1 Å². The van der Waals surface area contributed by atoms with Gasteiger partial charge in [0.15, 0.2) is 0 Å². The fraction of sp³-hybridized carbons (Fsp3) is 0.444. The first-order valence-electron chi connectivity index (χ1n) is 4.54. The molecular weight excluding hydrogens is 198 g/mol. The summed E-state index contributed by atoms with van der Waals surface area (Å²) >= 11 is 1.35. The van der Waals surface area contributed by atoms with Crippen molar-refractivity contribution in [3.63, 3.8) is 0 Å². The largest absolute Gasteiger partial charge is 0.397 e. The highest BCUT2D eigenvalue weighted by atomic mass is 32.1. The number of rotatable bonds is 4. The van der Waals surface area contributed by atoms with Gasteiger partial charge < -0.3 is 16.4 Å². The topological polar surface area (TPSA) is 72.3 Å². The number of amides is 1. The minimum atomic E-state index is -0.453. The lowest BCUT2D eigenvalue weighted by molar-refractivity contribution is 0.100. The maximum Gasteiger partial charge on any atom is 0.260 e. The third-order valence-electron chi connectivity index (χ3n) is 2.05. The van der Waals surface area contributed by atoms with E-state index in [0.717, 1.165) is 18.1 Å². The van der Waals surface area contributed by atoms with E-state index >= 15 is 0 Å². The first-order chi connectivity index (χ1) is 6.60. The van der Waals surface area contributed by atoms with Gasteiger partial charge in [-0.2, -0.15) is 0 Å². The molecule has 5 heteroatoms. The molecule has 1 rings (SSSR count). The van der Waals surface area contributed by atoms with Gasteiger partial charge in [0.05, 0.1) is 10.7 Å². The van der Waals surface area contributed by atoms with Crippen LogP contribution in [-0.2, 0) is 0 Å². The molecule has 0 spiro atoms. The fourth-order valence-corrected chi connectivity index (χ4v) is 2.33. The molecule has 0 aliphatic heterocycles. The monoisotopic (exact) mass is 213 g/mol. The van der Waals surface area contributed by atoms with Crippen molar-refractivity contribution in [2.24, 2.45) is 5.73 Å². The van der Waals surface area contributed by atoms with Crippen LogP contribution in [0.15, 0.2) is 6.07 Å². The molecule has 0 unspecified atom stereocenters. The molecule has 1 amide bonds. The number of nitrogens with two attached hydrogens (primary N) is 2. The van der Waals surface area contributed by atoms with E-state index in [2.05, 4.69) is 18.7 Å². The zero-order valence-electron chi connectivity index (χ0n) is 8.41. The van der Waals surface area contributed by atoms with Gasteiger partial charge in [-0.25, -0.2) is 0 Å². The number of nitrogen functional groups attached to an aromatic ring is 1. The summed E-state index contributed by atoms with van der Waals surface area (Å²) in [6.07, 6.45) is 0. The molecule has 0 saturated carbocycles. The second-order valence-corrected chi connectivity index (χ2v) is 3.94. The minimum absolute atomic E-state index is 0.451. The summed E-state index contributed by atoms with van der Waals surface area (Å²) in [5, 5.41) is 1.00. The summed E-state index contributed by atoms with van der Waals surface area (Å²) in [7, 11) is 0. The number of hydrogen-bond donors (Lipinski definition) is 2. The molecule has 14 heavy (non-hydrogen) atoms. The van der Waals surface area contributed by atoms with Gasteiger partial charge in [0.1, 0.15) is 4.88 Å². The summed E-state index contributed by atoms with van der Waals surface area (Å²) in [5.74, 6) is -0.453. The summed E-state index contributed by atoms with van der Waals surface area (Å²) in [5.41, 5.74) is 11.3. The third-order valence-corrected chi connectivity index (χ3v) is 3.27. The lowest BCUT2D eigenvalue weighted by Crippen LogP contribution is -2.20. The van der Waals surface area contributed by atoms with Crippen LogP contribution in [0.4, 0.5) is 10.7 Å². The molecule has 78 valence electrons. The molecule has 0 aliphatic carbocycles. The van der Waals surface area contributed by atoms with Gasteiger partial charge in [-0.05, 0) is 19.9 Å². The number of nitrogens with zero attached hydrogens (tertiary/aromatic N) is 1. The Morgan fingerprint density at radius 2 is 2.07 bits per heavy atom. The Morgan fingerprint density at radius 1 is 1.50 bits per heavy atom. The standard InChI is InChI=1S/C9H15N3OS/c1-3-12(4-2)7-5-6(10)8(14-7)9(11)13/h5H,3-4,10H2,1-2H3,(H2,11,13). The van der Waals surface area contributed by atoms with Crippen LogP contribution in [-0.4, -0.2) is 19.0 Å². The Kier molecular flexibility index (Phi) is 3.35. The number of carbonyl (C=O) groups excluding carboxylic acids is 1. The van der Waals surface area contributed by atoms with Crippen molar-refractivity contribution < 1.29 is 4.79 Å². The van der Waals surface area contributed by atoms with Crippen LogP contribution in [0.1, 0.15) is 23.5 Å². The van der Waals surface area contributed by atoms with Gasteiger partial charge in [-0.1, -0.05) is 0 Å². The average molecular weight is 213 g/mol. The first-order valence-corrected chi connectivity index (χ1v) is 5.35. The number of primary amides is 1. The molecular formula is C9H15N3OS. The molecule has 0 bridgehead atoms. The summed E-state index contributed by atoms with van der Waals surface area (Å²) in [6.45, 7) is 5.91. The van der Waals surface area contributed by atoms with E-state index in [-0.39, 0.29) is 0 Å². The smallest absolute Gasteiger partial charge is 0.260 e. The number of anilines is 2. The van der Waals surface area contributed by atoms with Gasteiger partial charge >= 0.3 is 0 Å². The predicted molar refractivity (Wildman–Crippen MR) is 60.8 cm³/mol. The summed E-state index contributed by atoms with van der Waals surface area (Å²) in [4.78, 5) is 13.6. The van der Waals surface area contributed by atoms with Crippen LogP contribution in [0.25, 0.3) is 0 Å². The maximum atomic E-state index is 11.0. The Morgan fingerprint density at radius 3 is 2.43 bits per heavy atom.